The molecule has 0 amide bonds. The van der Waals surface area contributed by atoms with Crippen LogP contribution < -0.4 is 11.4 Å². The van der Waals surface area contributed by atoms with Gasteiger partial charge in [-0.1, -0.05) is 27.7 Å². The molecule has 9 heteroatoms. The van der Waals surface area contributed by atoms with Crippen LogP contribution in [-0.4, -0.2) is 39.6 Å². The highest BCUT2D eigenvalue weighted by molar-refractivity contribution is 5.71. The summed E-state index contributed by atoms with van der Waals surface area (Å²) >= 11 is 0. The molecule has 1 aliphatic heterocycles. The minimum atomic E-state index is -1.05. The summed E-state index contributed by atoms with van der Waals surface area (Å²) in [6.07, 6.45) is 0.0935. The van der Waals surface area contributed by atoms with Crippen molar-refractivity contribution in [3.05, 3.63) is 34.6 Å². The first kappa shape index (κ1) is 19.9. The van der Waals surface area contributed by atoms with Crippen molar-refractivity contribution in [2.75, 3.05) is 12.3 Å². The Balaban J connectivity index is 1.99. The number of carbonyl (C=O) groups excluding carboxylic acids is 1. The zero-order valence-electron chi connectivity index (χ0n) is 15.3. The van der Waals surface area contributed by atoms with Crippen LogP contribution in [0.25, 0.3) is 0 Å². The van der Waals surface area contributed by atoms with Crippen molar-refractivity contribution in [2.24, 2.45) is 11.8 Å². The molecular formula is C17H25N3O6. The van der Waals surface area contributed by atoms with Gasteiger partial charge < -0.3 is 25.1 Å². The van der Waals surface area contributed by atoms with Gasteiger partial charge in [-0.2, -0.15) is 4.98 Å². The van der Waals surface area contributed by atoms with Crippen LogP contribution in [0.2, 0.25) is 0 Å². The van der Waals surface area contributed by atoms with Crippen LogP contribution in [0.1, 0.15) is 33.9 Å². The Labute approximate surface area is 151 Å². The predicted octanol–water partition coefficient (Wildman–Crippen LogP) is 0.797. The molecule has 3 atom stereocenters. The number of aromatic nitrogens is 2. The molecule has 2 heterocycles. The molecule has 1 unspecified atom stereocenters. The van der Waals surface area contributed by atoms with Crippen LogP contribution in [-0.2, 0) is 19.0 Å². The molecule has 1 aromatic heterocycles. The highest BCUT2D eigenvalue weighted by Gasteiger charge is 2.31. The number of nitrogen functional groups attached to an aromatic ring is 1. The number of nitrogens with zero attached hydrogens (tertiary/aromatic N) is 2. The Hall–Kier alpha value is -2.39. The summed E-state index contributed by atoms with van der Waals surface area (Å²) in [6, 6.07) is 1.44. The quantitative estimate of drug-likeness (QED) is 0.535. The molecule has 0 saturated heterocycles. The molecule has 0 saturated carbocycles. The van der Waals surface area contributed by atoms with Gasteiger partial charge in [0.15, 0.2) is 0 Å². The van der Waals surface area contributed by atoms with Crippen LogP contribution in [0, 0.1) is 11.8 Å². The molecule has 144 valence electrons. The average Bonchev–Trinajstić information content (AvgIpc) is 2.91. The Bertz CT molecular complexity index is 727. The fourth-order valence-electron chi connectivity index (χ4n) is 2.24. The third-order valence-corrected chi connectivity index (χ3v) is 3.68. The number of anilines is 1. The number of nitrogens with two attached hydrogens (primary N) is 1. The lowest BCUT2D eigenvalue weighted by Crippen LogP contribution is -2.32. The summed E-state index contributed by atoms with van der Waals surface area (Å²) in [6.45, 7) is 7.18. The second-order valence-corrected chi connectivity index (χ2v) is 6.69. The van der Waals surface area contributed by atoms with E-state index in [2.05, 4.69) is 4.98 Å². The second-order valence-electron chi connectivity index (χ2n) is 6.69. The standard InChI is InChI=1S/C17H25N3O6/c1-9(2)15(22)26-16(10(3)4)24-8-11-7-12(21)14(25-11)20-6-5-13(18)19-17(20)23/h5-7,9-10,12,14,16,21H,8H2,1-4H3,(H2,18,19,23)/t12-,14-,16?/m1/s1. The lowest BCUT2D eigenvalue weighted by molar-refractivity contribution is -0.192. The molecule has 0 fully saturated rings. The summed E-state index contributed by atoms with van der Waals surface area (Å²) in [7, 11) is 0. The summed E-state index contributed by atoms with van der Waals surface area (Å²) < 4.78 is 17.7. The molecule has 0 bridgehead atoms. The van der Waals surface area contributed by atoms with Crippen LogP contribution in [0.15, 0.2) is 28.9 Å². The van der Waals surface area contributed by atoms with Gasteiger partial charge in [-0.25, -0.2) is 4.79 Å². The van der Waals surface area contributed by atoms with Crippen LogP contribution in [0.3, 0.4) is 0 Å². The molecule has 2 rings (SSSR count). The van der Waals surface area contributed by atoms with Gasteiger partial charge in [-0.3, -0.25) is 9.36 Å². The lowest BCUT2D eigenvalue weighted by atomic mass is 10.2. The first-order chi connectivity index (χ1) is 12.2. The summed E-state index contributed by atoms with van der Waals surface area (Å²) in [5.74, 6) is -0.274. The second kappa shape index (κ2) is 8.33. The smallest absolute Gasteiger partial charge is 0.352 e. The van der Waals surface area contributed by atoms with E-state index < -0.39 is 24.3 Å². The summed E-state index contributed by atoms with van der Waals surface area (Å²) in [5.41, 5.74) is 4.83. The third kappa shape index (κ3) is 4.83. The van der Waals surface area contributed by atoms with E-state index in [4.69, 9.17) is 19.9 Å². The van der Waals surface area contributed by atoms with Gasteiger partial charge in [0, 0.05) is 12.1 Å². The highest BCUT2D eigenvalue weighted by atomic mass is 16.7. The topological polar surface area (TPSA) is 126 Å². The van der Waals surface area contributed by atoms with Gasteiger partial charge in [-0.15, -0.1) is 0 Å². The van der Waals surface area contributed by atoms with Gasteiger partial charge in [0.2, 0.25) is 12.5 Å². The molecule has 1 aromatic rings. The van der Waals surface area contributed by atoms with E-state index in [1.807, 2.05) is 13.8 Å². The number of ether oxygens (including phenoxy) is 3. The van der Waals surface area contributed by atoms with Crippen molar-refractivity contribution >= 4 is 11.8 Å². The number of aliphatic hydroxyl groups is 1. The fraction of sp³-hybridized carbons (Fsp3) is 0.588. The minimum absolute atomic E-state index is 0.0149. The average molecular weight is 367 g/mol. The van der Waals surface area contributed by atoms with Crippen molar-refractivity contribution in [3.8, 4) is 0 Å². The van der Waals surface area contributed by atoms with Crippen molar-refractivity contribution in [1.82, 2.24) is 9.55 Å². The number of hydrogen-bond donors (Lipinski definition) is 2. The van der Waals surface area contributed by atoms with Crippen molar-refractivity contribution in [1.29, 1.82) is 0 Å². The van der Waals surface area contributed by atoms with E-state index in [-0.39, 0.29) is 30.2 Å². The van der Waals surface area contributed by atoms with E-state index in [1.165, 1.54) is 18.3 Å². The number of carbonyl (C=O) groups is 1. The Morgan fingerprint density at radius 3 is 2.69 bits per heavy atom. The first-order valence-corrected chi connectivity index (χ1v) is 8.41. The van der Waals surface area contributed by atoms with Gasteiger partial charge in [0.25, 0.3) is 0 Å². The SMILES string of the molecule is CC(C)C(=O)OC(OCC1=C[C@@H](O)[C@H](n2ccc(N)nc2=O)O1)C(C)C. The maximum absolute atomic E-state index is 11.9. The van der Waals surface area contributed by atoms with E-state index in [0.29, 0.717) is 5.76 Å². The van der Waals surface area contributed by atoms with Crippen molar-refractivity contribution in [3.63, 3.8) is 0 Å². The van der Waals surface area contributed by atoms with Gasteiger partial charge >= 0.3 is 11.7 Å². The van der Waals surface area contributed by atoms with E-state index in [1.54, 1.807) is 13.8 Å². The molecule has 0 radical (unpaired) electrons. The zero-order valence-corrected chi connectivity index (χ0v) is 15.3. The fourth-order valence-corrected chi connectivity index (χ4v) is 2.24. The molecule has 0 spiro atoms. The monoisotopic (exact) mass is 367 g/mol. The molecule has 0 aromatic carbocycles. The van der Waals surface area contributed by atoms with Crippen LogP contribution in [0.5, 0.6) is 0 Å². The predicted molar refractivity (Wildman–Crippen MR) is 92.6 cm³/mol. The van der Waals surface area contributed by atoms with E-state index in [0.717, 1.165) is 4.57 Å². The largest absolute Gasteiger partial charge is 0.469 e. The lowest BCUT2D eigenvalue weighted by Gasteiger charge is -2.23. The highest BCUT2D eigenvalue weighted by Crippen LogP contribution is 2.26. The van der Waals surface area contributed by atoms with Crippen LogP contribution >= 0.6 is 0 Å². The molecule has 0 aliphatic carbocycles. The number of rotatable bonds is 7. The Morgan fingerprint density at radius 1 is 1.42 bits per heavy atom. The molecule has 26 heavy (non-hydrogen) atoms. The van der Waals surface area contributed by atoms with Crippen molar-refractivity contribution in [2.45, 2.75) is 46.3 Å². The summed E-state index contributed by atoms with van der Waals surface area (Å²) in [4.78, 5) is 27.3. The van der Waals surface area contributed by atoms with Gasteiger partial charge in [0.05, 0.1) is 5.92 Å². The number of hydrogen-bond acceptors (Lipinski definition) is 8. The minimum Gasteiger partial charge on any atom is -0.469 e. The maximum atomic E-state index is 11.9. The Morgan fingerprint density at radius 2 is 2.12 bits per heavy atom. The molecule has 1 aliphatic rings. The zero-order chi connectivity index (χ0) is 19.4. The third-order valence-electron chi connectivity index (χ3n) is 3.68. The van der Waals surface area contributed by atoms with E-state index >= 15 is 0 Å². The van der Waals surface area contributed by atoms with Gasteiger partial charge in [0.1, 0.15) is 24.3 Å². The molecule has 3 N–H and O–H groups in total. The van der Waals surface area contributed by atoms with Gasteiger partial charge in [-0.05, 0) is 12.1 Å². The molecule has 9 nitrogen and oxygen atoms in total. The number of esters is 1. The van der Waals surface area contributed by atoms with Crippen molar-refractivity contribution < 1.29 is 24.1 Å². The first-order valence-electron chi connectivity index (χ1n) is 8.41. The normalized spacial score (nSPS) is 20.8. The van der Waals surface area contributed by atoms with E-state index in [9.17, 15) is 14.7 Å². The number of aliphatic hydroxyl groups excluding tert-OH is 1. The summed E-state index contributed by atoms with van der Waals surface area (Å²) in [5, 5.41) is 10.1. The maximum Gasteiger partial charge on any atom is 0.352 e. The molecular weight excluding hydrogens is 342 g/mol. The Kier molecular flexibility index (Phi) is 6.38. The van der Waals surface area contributed by atoms with Crippen LogP contribution in [0.4, 0.5) is 5.82 Å².